The summed E-state index contributed by atoms with van der Waals surface area (Å²) in [7, 11) is 1.40. The van der Waals surface area contributed by atoms with Crippen molar-refractivity contribution in [1.29, 1.82) is 0 Å². The van der Waals surface area contributed by atoms with Gasteiger partial charge in [-0.05, 0) is 6.92 Å². The normalized spacial score (nSPS) is 34.2. The number of hydrogen-bond acceptors (Lipinski definition) is 3. The van der Waals surface area contributed by atoms with Crippen molar-refractivity contribution in [3.8, 4) is 0 Å². The minimum atomic E-state index is -0.155. The molecule has 8 heavy (non-hydrogen) atoms. The average molecular weight is 115 g/mol. The van der Waals surface area contributed by atoms with E-state index in [1.54, 1.807) is 0 Å². The summed E-state index contributed by atoms with van der Waals surface area (Å²) in [6.07, 6.45) is 0. The van der Waals surface area contributed by atoms with Crippen LogP contribution in [-0.4, -0.2) is 25.2 Å². The predicted octanol–water partition coefficient (Wildman–Crippen LogP) is -0.480. The molecule has 0 unspecified atom stereocenters. The van der Waals surface area contributed by atoms with Crippen LogP contribution >= 0.6 is 0 Å². The molecule has 0 spiro atoms. The minimum absolute atomic E-state index is 0.0278. The predicted molar refractivity (Wildman–Crippen MR) is 28.4 cm³/mol. The zero-order valence-corrected chi connectivity index (χ0v) is 4.97. The second-order valence-corrected chi connectivity index (χ2v) is 1.96. The maximum Gasteiger partial charge on any atom is 0.324 e. The fourth-order valence-corrected chi connectivity index (χ4v) is 0.627. The number of rotatable bonds is 1. The summed E-state index contributed by atoms with van der Waals surface area (Å²) >= 11 is 0. The van der Waals surface area contributed by atoms with E-state index in [1.165, 1.54) is 7.11 Å². The van der Waals surface area contributed by atoms with Gasteiger partial charge in [0, 0.05) is 6.04 Å². The van der Waals surface area contributed by atoms with Crippen molar-refractivity contribution in [3.05, 3.63) is 0 Å². The Morgan fingerprint density at radius 2 is 2.25 bits per heavy atom. The van der Waals surface area contributed by atoms with Gasteiger partial charge in [0.1, 0.15) is 6.04 Å². The van der Waals surface area contributed by atoms with Gasteiger partial charge in [0.15, 0.2) is 0 Å². The van der Waals surface area contributed by atoms with Crippen molar-refractivity contribution in [2.75, 3.05) is 7.11 Å². The molecule has 2 atom stereocenters. The summed E-state index contributed by atoms with van der Waals surface area (Å²) in [6, 6.07) is 0.294. The molecule has 0 amide bonds. The van der Waals surface area contributed by atoms with Gasteiger partial charge in [0.25, 0.3) is 0 Å². The Labute approximate surface area is 48.0 Å². The van der Waals surface area contributed by atoms with Crippen LogP contribution in [0.1, 0.15) is 6.92 Å². The van der Waals surface area contributed by atoms with Crippen LogP contribution in [0.4, 0.5) is 0 Å². The molecule has 46 valence electrons. The molecule has 0 bridgehead atoms. The van der Waals surface area contributed by atoms with Crippen LogP contribution in [0.3, 0.4) is 0 Å². The molecule has 1 fully saturated rings. The lowest BCUT2D eigenvalue weighted by molar-refractivity contribution is -0.140. The van der Waals surface area contributed by atoms with Crippen molar-refractivity contribution in [2.24, 2.45) is 0 Å². The van der Waals surface area contributed by atoms with Gasteiger partial charge >= 0.3 is 5.97 Å². The molecule has 0 radical (unpaired) electrons. The van der Waals surface area contributed by atoms with Gasteiger partial charge in [-0.3, -0.25) is 10.1 Å². The highest BCUT2D eigenvalue weighted by Crippen LogP contribution is 2.09. The maximum atomic E-state index is 10.5. The van der Waals surface area contributed by atoms with Crippen molar-refractivity contribution < 1.29 is 9.53 Å². The van der Waals surface area contributed by atoms with Crippen LogP contribution in [0.5, 0.6) is 0 Å². The van der Waals surface area contributed by atoms with Gasteiger partial charge in [0.05, 0.1) is 7.11 Å². The van der Waals surface area contributed by atoms with Crippen LogP contribution in [-0.2, 0) is 9.53 Å². The fourth-order valence-electron chi connectivity index (χ4n) is 0.627. The van der Waals surface area contributed by atoms with Crippen molar-refractivity contribution in [3.63, 3.8) is 0 Å². The number of carbonyl (C=O) groups is 1. The topological polar surface area (TPSA) is 48.2 Å². The number of methoxy groups -OCH3 is 1. The van der Waals surface area contributed by atoms with Crippen LogP contribution in [0.2, 0.25) is 0 Å². The van der Waals surface area contributed by atoms with Crippen LogP contribution in [0.15, 0.2) is 0 Å². The van der Waals surface area contributed by atoms with Crippen molar-refractivity contribution in [1.82, 2.24) is 5.32 Å². The molecule has 0 aromatic carbocycles. The molecule has 1 aliphatic rings. The molecule has 3 heteroatoms. The Hall–Kier alpha value is -0.570. The molecule has 1 heterocycles. The largest absolute Gasteiger partial charge is 0.468 e. The molecule has 1 saturated heterocycles. The van der Waals surface area contributed by atoms with E-state index in [4.69, 9.17) is 0 Å². The fraction of sp³-hybridized carbons (Fsp3) is 0.800. The SMILES string of the molecule is COC(=O)[C@H]1N[C@H]1C. The van der Waals surface area contributed by atoms with Gasteiger partial charge in [0.2, 0.25) is 0 Å². The summed E-state index contributed by atoms with van der Waals surface area (Å²) in [5.41, 5.74) is 0. The molecule has 3 nitrogen and oxygen atoms in total. The summed E-state index contributed by atoms with van der Waals surface area (Å²) in [5, 5.41) is 2.91. The van der Waals surface area contributed by atoms with E-state index in [0.717, 1.165) is 0 Å². The lowest BCUT2D eigenvalue weighted by Gasteiger charge is -1.89. The molecule has 0 aromatic heterocycles. The summed E-state index contributed by atoms with van der Waals surface area (Å²) in [4.78, 5) is 10.5. The van der Waals surface area contributed by atoms with Crippen LogP contribution < -0.4 is 5.32 Å². The summed E-state index contributed by atoms with van der Waals surface area (Å²) < 4.78 is 4.44. The van der Waals surface area contributed by atoms with Gasteiger partial charge in [-0.15, -0.1) is 0 Å². The standard InChI is InChI=1S/C5H9NO2/c1-3-4(6-3)5(7)8-2/h3-4,6H,1-2H3/t3-,4-/m0/s1. The van der Waals surface area contributed by atoms with Gasteiger partial charge < -0.3 is 4.74 Å². The third kappa shape index (κ3) is 0.816. The molecule has 1 aliphatic heterocycles. The first-order valence-corrected chi connectivity index (χ1v) is 2.59. The Morgan fingerprint density at radius 3 is 2.38 bits per heavy atom. The van der Waals surface area contributed by atoms with E-state index >= 15 is 0 Å². The Kier molecular flexibility index (Phi) is 1.21. The molecule has 1 rings (SSSR count). The molecule has 1 N–H and O–H groups in total. The van der Waals surface area contributed by atoms with Gasteiger partial charge in [-0.25, -0.2) is 0 Å². The van der Waals surface area contributed by atoms with Gasteiger partial charge in [-0.2, -0.15) is 0 Å². The number of esters is 1. The number of hydrogen-bond donors (Lipinski definition) is 1. The van der Waals surface area contributed by atoms with E-state index < -0.39 is 0 Å². The van der Waals surface area contributed by atoms with E-state index in [0.29, 0.717) is 6.04 Å². The molecule has 0 aliphatic carbocycles. The zero-order valence-electron chi connectivity index (χ0n) is 4.97. The zero-order chi connectivity index (χ0) is 6.15. The molecular weight excluding hydrogens is 106 g/mol. The second kappa shape index (κ2) is 1.74. The third-order valence-corrected chi connectivity index (χ3v) is 1.29. The molecule has 0 saturated carbocycles. The van der Waals surface area contributed by atoms with Crippen LogP contribution in [0, 0.1) is 0 Å². The highest BCUT2D eigenvalue weighted by molar-refractivity contribution is 5.79. The quantitative estimate of drug-likeness (QED) is 0.371. The lowest BCUT2D eigenvalue weighted by atomic mass is 10.3. The monoisotopic (exact) mass is 115 g/mol. The maximum absolute atomic E-state index is 10.5. The lowest BCUT2D eigenvalue weighted by Crippen LogP contribution is -2.11. The van der Waals surface area contributed by atoms with Crippen LogP contribution in [0.25, 0.3) is 0 Å². The highest BCUT2D eigenvalue weighted by atomic mass is 16.5. The third-order valence-electron chi connectivity index (χ3n) is 1.29. The number of carbonyl (C=O) groups excluding carboxylic acids is 1. The summed E-state index contributed by atoms with van der Waals surface area (Å²) in [5.74, 6) is -0.155. The Morgan fingerprint density at radius 1 is 1.75 bits per heavy atom. The van der Waals surface area contributed by atoms with E-state index in [1.807, 2.05) is 6.92 Å². The molecule has 0 aromatic rings. The van der Waals surface area contributed by atoms with Crippen molar-refractivity contribution in [2.45, 2.75) is 19.0 Å². The van der Waals surface area contributed by atoms with E-state index in [2.05, 4.69) is 10.1 Å². The van der Waals surface area contributed by atoms with Crippen molar-refractivity contribution >= 4 is 5.97 Å². The first-order chi connectivity index (χ1) is 3.75. The van der Waals surface area contributed by atoms with E-state index in [9.17, 15) is 4.79 Å². The van der Waals surface area contributed by atoms with E-state index in [-0.39, 0.29) is 12.0 Å². The average Bonchev–Trinajstić information content (AvgIpc) is 2.45. The first-order valence-electron chi connectivity index (χ1n) is 2.59. The summed E-state index contributed by atoms with van der Waals surface area (Å²) in [6.45, 7) is 1.95. The smallest absolute Gasteiger partial charge is 0.324 e. The Balaban J connectivity index is 2.28. The Bertz CT molecular complexity index is 113. The van der Waals surface area contributed by atoms with Gasteiger partial charge in [-0.1, -0.05) is 0 Å². The number of ether oxygens (including phenoxy) is 1. The highest BCUT2D eigenvalue weighted by Gasteiger charge is 2.39. The second-order valence-electron chi connectivity index (χ2n) is 1.96. The minimum Gasteiger partial charge on any atom is -0.468 e. The molecular formula is C5H9NO2. The number of nitrogens with one attached hydrogen (secondary N) is 1. The first kappa shape index (κ1) is 5.56.